The number of aromatic nitrogens is 3. The van der Waals surface area contributed by atoms with Crippen molar-refractivity contribution in [2.45, 2.75) is 6.61 Å². The highest BCUT2D eigenvalue weighted by Gasteiger charge is 2.13. The van der Waals surface area contributed by atoms with Crippen molar-refractivity contribution in [2.75, 3.05) is 31.8 Å². The molecule has 0 aliphatic rings. The fourth-order valence-electron chi connectivity index (χ4n) is 2.65. The van der Waals surface area contributed by atoms with Crippen LogP contribution in [0, 0.1) is 5.82 Å². The number of nitrogens with two attached hydrogens (primary N) is 1. The van der Waals surface area contributed by atoms with Crippen LogP contribution in [0.15, 0.2) is 42.5 Å². The van der Waals surface area contributed by atoms with Crippen LogP contribution < -0.4 is 25.8 Å². The fraction of sp³-hybridized carbons (Fsp3) is 0.190. The Labute approximate surface area is 188 Å². The highest BCUT2D eigenvalue weighted by Crippen LogP contribution is 2.27. The number of carbonyl (C=O) groups is 2. The minimum absolute atomic E-state index is 0.0895. The lowest BCUT2D eigenvalue weighted by Crippen LogP contribution is -2.30. The Morgan fingerprint density at radius 3 is 2.42 bits per heavy atom. The smallest absolute Gasteiger partial charge is 0.325 e. The summed E-state index contributed by atoms with van der Waals surface area (Å²) in [5.74, 6) is -0.653. The lowest BCUT2D eigenvalue weighted by atomic mass is 10.2. The number of hydrogen-bond acceptors (Lipinski definition) is 10. The van der Waals surface area contributed by atoms with Gasteiger partial charge in [-0.25, -0.2) is 4.39 Å². The number of benzene rings is 2. The first-order valence-electron chi connectivity index (χ1n) is 9.57. The zero-order chi connectivity index (χ0) is 23.8. The van der Waals surface area contributed by atoms with Crippen molar-refractivity contribution in [1.29, 1.82) is 0 Å². The average Bonchev–Trinajstić information content (AvgIpc) is 2.81. The molecular formula is C21H21FN6O5. The molecular weight excluding hydrogens is 435 g/mol. The Morgan fingerprint density at radius 2 is 1.73 bits per heavy atom. The molecule has 0 aliphatic heterocycles. The van der Waals surface area contributed by atoms with Crippen LogP contribution in [0.5, 0.6) is 11.5 Å². The third kappa shape index (κ3) is 6.50. The number of nitrogens with one attached hydrogen (secondary N) is 2. The van der Waals surface area contributed by atoms with Gasteiger partial charge in [-0.05, 0) is 42.5 Å². The lowest BCUT2D eigenvalue weighted by Gasteiger charge is -2.10. The van der Waals surface area contributed by atoms with Gasteiger partial charge in [0.25, 0.3) is 5.91 Å². The molecule has 0 radical (unpaired) electrons. The molecule has 11 nitrogen and oxygen atoms in total. The van der Waals surface area contributed by atoms with E-state index in [1.54, 1.807) is 6.07 Å². The number of methoxy groups -OCH3 is 2. The number of nitrogen functional groups attached to an aromatic ring is 1. The second-order valence-electron chi connectivity index (χ2n) is 6.48. The van der Waals surface area contributed by atoms with Crippen molar-refractivity contribution in [1.82, 2.24) is 20.3 Å². The van der Waals surface area contributed by atoms with Crippen molar-refractivity contribution in [2.24, 2.45) is 0 Å². The SMILES string of the molecule is COc1ccc(C(=O)NCC(=O)OCc2nc(N)nc(Nc3ccc(F)cc3)n2)cc1OC. The summed E-state index contributed by atoms with van der Waals surface area (Å²) in [7, 11) is 2.93. The molecule has 33 heavy (non-hydrogen) atoms. The van der Waals surface area contributed by atoms with Gasteiger partial charge >= 0.3 is 5.97 Å². The molecule has 0 saturated carbocycles. The van der Waals surface area contributed by atoms with E-state index >= 15 is 0 Å². The fourth-order valence-corrected chi connectivity index (χ4v) is 2.65. The second-order valence-corrected chi connectivity index (χ2v) is 6.48. The van der Waals surface area contributed by atoms with E-state index in [1.807, 2.05) is 0 Å². The number of hydrogen-bond donors (Lipinski definition) is 3. The second kappa shape index (κ2) is 10.7. The number of carbonyl (C=O) groups excluding carboxylic acids is 2. The largest absolute Gasteiger partial charge is 0.493 e. The quantitative estimate of drug-likeness (QED) is 0.407. The number of nitrogens with zero attached hydrogens (tertiary/aromatic N) is 3. The van der Waals surface area contributed by atoms with Gasteiger partial charge in [-0.2, -0.15) is 15.0 Å². The van der Waals surface area contributed by atoms with Gasteiger partial charge in [-0.3, -0.25) is 9.59 Å². The Kier molecular flexibility index (Phi) is 7.52. The van der Waals surface area contributed by atoms with Crippen LogP contribution >= 0.6 is 0 Å². The van der Waals surface area contributed by atoms with Gasteiger partial charge in [0.2, 0.25) is 11.9 Å². The molecule has 0 saturated heterocycles. The summed E-state index contributed by atoms with van der Waals surface area (Å²) in [6.45, 7) is -0.676. The van der Waals surface area contributed by atoms with Gasteiger partial charge in [0, 0.05) is 11.3 Å². The summed E-state index contributed by atoms with van der Waals surface area (Å²) < 4.78 is 28.4. The zero-order valence-corrected chi connectivity index (χ0v) is 17.8. The van der Waals surface area contributed by atoms with Gasteiger partial charge < -0.3 is 30.6 Å². The summed E-state index contributed by atoms with van der Waals surface area (Å²) in [5.41, 5.74) is 6.48. The van der Waals surface area contributed by atoms with Crippen LogP contribution in [0.1, 0.15) is 16.2 Å². The molecule has 2 aromatic carbocycles. The third-order valence-corrected chi connectivity index (χ3v) is 4.20. The number of amides is 1. The molecule has 4 N–H and O–H groups in total. The van der Waals surface area contributed by atoms with E-state index in [0.717, 1.165) is 0 Å². The summed E-state index contributed by atoms with van der Waals surface area (Å²) in [6, 6.07) is 10.1. The first kappa shape index (κ1) is 23.2. The van der Waals surface area contributed by atoms with Crippen molar-refractivity contribution in [3.63, 3.8) is 0 Å². The minimum atomic E-state index is -0.712. The summed E-state index contributed by atoms with van der Waals surface area (Å²) in [5, 5.41) is 5.30. The monoisotopic (exact) mass is 456 g/mol. The molecule has 12 heteroatoms. The van der Waals surface area contributed by atoms with Gasteiger partial charge in [0.15, 0.2) is 23.9 Å². The Hall–Kier alpha value is -4.48. The van der Waals surface area contributed by atoms with Crippen molar-refractivity contribution < 1.29 is 28.2 Å². The molecule has 1 heterocycles. The molecule has 172 valence electrons. The zero-order valence-electron chi connectivity index (χ0n) is 17.8. The van der Waals surface area contributed by atoms with Crippen LogP contribution in [0.25, 0.3) is 0 Å². The molecule has 3 aromatic rings. The molecule has 0 unspecified atom stereocenters. The van der Waals surface area contributed by atoms with Crippen LogP contribution in [0.3, 0.4) is 0 Å². The molecule has 0 atom stereocenters. The topological polar surface area (TPSA) is 151 Å². The minimum Gasteiger partial charge on any atom is -0.493 e. The van der Waals surface area contributed by atoms with Gasteiger partial charge in [-0.15, -0.1) is 0 Å². The first-order chi connectivity index (χ1) is 15.9. The first-order valence-corrected chi connectivity index (χ1v) is 9.57. The standard InChI is InChI=1S/C21H21FN6O5/c1-31-15-8-3-12(9-16(15)32-2)19(30)24-10-18(29)33-11-17-26-20(23)28-21(27-17)25-14-6-4-13(22)5-7-14/h3-9H,10-11H2,1-2H3,(H,24,30)(H3,23,25,26,27,28). The average molecular weight is 456 g/mol. The summed E-state index contributed by atoms with van der Waals surface area (Å²) in [4.78, 5) is 36.3. The van der Waals surface area contributed by atoms with E-state index in [-0.39, 0.29) is 42.3 Å². The van der Waals surface area contributed by atoms with Gasteiger partial charge in [0.05, 0.1) is 14.2 Å². The maximum absolute atomic E-state index is 13.0. The third-order valence-electron chi connectivity index (χ3n) is 4.20. The highest BCUT2D eigenvalue weighted by atomic mass is 19.1. The predicted molar refractivity (Wildman–Crippen MR) is 116 cm³/mol. The van der Waals surface area contributed by atoms with Crippen molar-refractivity contribution in [3.05, 3.63) is 59.7 Å². The van der Waals surface area contributed by atoms with E-state index in [0.29, 0.717) is 17.2 Å². The molecule has 0 fully saturated rings. The molecule has 0 bridgehead atoms. The van der Waals surface area contributed by atoms with Crippen molar-refractivity contribution in [3.8, 4) is 11.5 Å². The maximum atomic E-state index is 13.0. The molecule has 0 spiro atoms. The highest BCUT2D eigenvalue weighted by molar-refractivity contribution is 5.96. The molecule has 0 aliphatic carbocycles. The number of esters is 1. The van der Waals surface area contributed by atoms with Crippen LogP contribution in [0.4, 0.5) is 22.0 Å². The number of halogens is 1. The Balaban J connectivity index is 1.53. The van der Waals surface area contributed by atoms with Gasteiger partial charge in [0.1, 0.15) is 12.4 Å². The molecule has 3 rings (SSSR count). The lowest BCUT2D eigenvalue weighted by molar-refractivity contribution is -0.143. The Bertz CT molecular complexity index is 1140. The molecule has 1 amide bonds. The van der Waals surface area contributed by atoms with E-state index in [1.165, 1.54) is 50.6 Å². The maximum Gasteiger partial charge on any atom is 0.325 e. The van der Waals surface area contributed by atoms with Crippen LogP contribution in [-0.4, -0.2) is 47.6 Å². The summed E-state index contributed by atoms with van der Waals surface area (Å²) in [6.07, 6.45) is 0. The summed E-state index contributed by atoms with van der Waals surface area (Å²) >= 11 is 0. The van der Waals surface area contributed by atoms with Crippen LogP contribution in [-0.2, 0) is 16.1 Å². The predicted octanol–water partition coefficient (Wildman–Crippen LogP) is 1.83. The van der Waals surface area contributed by atoms with E-state index in [4.69, 9.17) is 19.9 Å². The van der Waals surface area contributed by atoms with Gasteiger partial charge in [-0.1, -0.05) is 0 Å². The normalized spacial score (nSPS) is 10.3. The number of anilines is 3. The number of rotatable bonds is 9. The van der Waals surface area contributed by atoms with E-state index < -0.39 is 11.9 Å². The van der Waals surface area contributed by atoms with Crippen LogP contribution in [0.2, 0.25) is 0 Å². The molecule has 1 aromatic heterocycles. The number of ether oxygens (including phenoxy) is 3. The Morgan fingerprint density at radius 1 is 1.00 bits per heavy atom. The van der Waals surface area contributed by atoms with E-state index in [9.17, 15) is 14.0 Å². The van der Waals surface area contributed by atoms with E-state index in [2.05, 4.69) is 25.6 Å². The van der Waals surface area contributed by atoms with Crippen molar-refractivity contribution >= 4 is 29.5 Å².